The summed E-state index contributed by atoms with van der Waals surface area (Å²) in [7, 11) is 0. The molecular formula is C5H4ClFN2. The van der Waals surface area contributed by atoms with Crippen LogP contribution < -0.4 is 0 Å². The molecule has 1 aromatic rings. The fraction of sp³-hybridized carbons (Fsp3) is 0. The molecule has 1 heterocycles. The van der Waals surface area contributed by atoms with Gasteiger partial charge in [0.2, 0.25) is 5.95 Å². The van der Waals surface area contributed by atoms with Gasteiger partial charge in [0.1, 0.15) is 6.33 Å². The molecule has 2 nitrogen and oxygen atoms in total. The van der Waals surface area contributed by atoms with Crippen LogP contribution in [0, 0.1) is 0 Å². The number of halogens is 2. The molecule has 48 valence electrons. The highest BCUT2D eigenvalue weighted by Gasteiger charge is 1.92. The van der Waals surface area contributed by atoms with E-state index in [1.807, 2.05) is 0 Å². The van der Waals surface area contributed by atoms with Crippen LogP contribution in [-0.2, 0) is 0 Å². The molecule has 9 heavy (non-hydrogen) atoms. The summed E-state index contributed by atoms with van der Waals surface area (Å²) in [5, 5.41) is 0. The van der Waals surface area contributed by atoms with E-state index in [9.17, 15) is 4.39 Å². The van der Waals surface area contributed by atoms with E-state index in [1.54, 1.807) is 0 Å². The van der Waals surface area contributed by atoms with Crippen LogP contribution in [0.1, 0.15) is 0 Å². The van der Waals surface area contributed by atoms with Gasteiger partial charge in [-0.2, -0.15) is 4.39 Å². The normalized spacial score (nSPS) is 12.0. The Morgan fingerprint density at radius 3 is 3.00 bits per heavy atom. The maximum absolute atomic E-state index is 12.3. The Labute approximate surface area is 56.6 Å². The van der Waals surface area contributed by atoms with Gasteiger partial charge in [0.05, 0.1) is 5.54 Å². The molecule has 0 atom stereocenters. The molecule has 0 amide bonds. The van der Waals surface area contributed by atoms with Crippen molar-refractivity contribution < 1.29 is 4.39 Å². The van der Waals surface area contributed by atoms with Crippen molar-refractivity contribution in [3.8, 4) is 0 Å². The molecule has 0 aliphatic rings. The maximum Gasteiger partial charge on any atom is 0.210 e. The van der Waals surface area contributed by atoms with Crippen molar-refractivity contribution in [2.75, 3.05) is 0 Å². The lowest BCUT2D eigenvalue weighted by atomic mass is 10.8. The van der Waals surface area contributed by atoms with E-state index in [1.165, 1.54) is 23.3 Å². The maximum atomic E-state index is 12.3. The van der Waals surface area contributed by atoms with E-state index < -0.39 is 5.95 Å². The van der Waals surface area contributed by atoms with E-state index in [0.717, 1.165) is 5.54 Å². The largest absolute Gasteiger partial charge is 0.282 e. The fourth-order valence-electron chi connectivity index (χ4n) is 0.442. The Kier molecular flexibility index (Phi) is 1.85. The number of aromatic nitrogens is 2. The number of hydrogen-bond donors (Lipinski definition) is 0. The highest BCUT2D eigenvalue weighted by molar-refractivity contribution is 6.27. The quantitative estimate of drug-likeness (QED) is 0.591. The van der Waals surface area contributed by atoms with Gasteiger partial charge in [-0.3, -0.25) is 4.57 Å². The monoisotopic (exact) mass is 146 g/mol. The molecule has 0 aliphatic heterocycles. The van der Waals surface area contributed by atoms with Crippen LogP contribution in [0.3, 0.4) is 0 Å². The van der Waals surface area contributed by atoms with Gasteiger partial charge in [-0.05, 0) is 0 Å². The molecule has 0 fully saturated rings. The lowest BCUT2D eigenvalue weighted by molar-refractivity contribution is 0.689. The standard InChI is InChI=1S/C5H4ClFN2/c6-3-5(7)9-2-1-8-4-9/h1-4H/b5-3+. The van der Waals surface area contributed by atoms with Gasteiger partial charge in [0, 0.05) is 12.4 Å². The zero-order chi connectivity index (χ0) is 6.69. The minimum Gasteiger partial charge on any atom is -0.282 e. The molecular weight excluding hydrogens is 143 g/mol. The molecule has 0 aliphatic carbocycles. The lowest BCUT2D eigenvalue weighted by Crippen LogP contribution is -1.84. The van der Waals surface area contributed by atoms with E-state index >= 15 is 0 Å². The van der Waals surface area contributed by atoms with Crippen molar-refractivity contribution in [2.45, 2.75) is 0 Å². The van der Waals surface area contributed by atoms with E-state index in [-0.39, 0.29) is 0 Å². The molecule has 0 saturated carbocycles. The summed E-state index contributed by atoms with van der Waals surface area (Å²) in [6, 6.07) is 0. The van der Waals surface area contributed by atoms with Crippen molar-refractivity contribution in [3.63, 3.8) is 0 Å². The average molecular weight is 147 g/mol. The third-order valence-corrected chi connectivity index (χ3v) is 1.02. The van der Waals surface area contributed by atoms with Crippen molar-refractivity contribution in [1.29, 1.82) is 0 Å². The van der Waals surface area contributed by atoms with Crippen LogP contribution in [0.4, 0.5) is 4.39 Å². The predicted octanol–water partition coefficient (Wildman–Crippen LogP) is 1.85. The first-order valence-corrected chi connectivity index (χ1v) is 2.72. The van der Waals surface area contributed by atoms with Crippen LogP contribution in [0.5, 0.6) is 0 Å². The second kappa shape index (κ2) is 2.64. The summed E-state index contributed by atoms with van der Waals surface area (Å²) in [4.78, 5) is 3.61. The summed E-state index contributed by atoms with van der Waals surface area (Å²) in [6.45, 7) is 0. The van der Waals surface area contributed by atoms with Crippen LogP contribution in [0.2, 0.25) is 0 Å². The Balaban J connectivity index is 2.90. The molecule has 0 spiro atoms. The fourth-order valence-corrected chi connectivity index (χ4v) is 0.555. The first kappa shape index (κ1) is 6.29. The molecule has 1 rings (SSSR count). The molecule has 0 N–H and O–H groups in total. The Morgan fingerprint density at radius 1 is 1.78 bits per heavy atom. The van der Waals surface area contributed by atoms with Crippen molar-refractivity contribution >= 4 is 17.6 Å². The zero-order valence-corrected chi connectivity index (χ0v) is 5.22. The van der Waals surface area contributed by atoms with Crippen LogP contribution in [0.15, 0.2) is 24.3 Å². The van der Waals surface area contributed by atoms with Gasteiger partial charge < -0.3 is 0 Å². The first-order valence-electron chi connectivity index (χ1n) is 2.29. The molecule has 0 radical (unpaired) electrons. The summed E-state index contributed by atoms with van der Waals surface area (Å²) in [5.74, 6) is -0.533. The number of nitrogens with zero attached hydrogens (tertiary/aromatic N) is 2. The summed E-state index contributed by atoms with van der Waals surface area (Å²) in [6.07, 6.45) is 4.27. The summed E-state index contributed by atoms with van der Waals surface area (Å²) >= 11 is 5.06. The Bertz CT molecular complexity index is 205. The van der Waals surface area contributed by atoms with Crippen molar-refractivity contribution in [3.05, 3.63) is 24.3 Å². The lowest BCUT2D eigenvalue weighted by Gasteiger charge is -1.90. The molecule has 0 bridgehead atoms. The highest BCUT2D eigenvalue weighted by atomic mass is 35.5. The third-order valence-electron chi connectivity index (χ3n) is 0.841. The van der Waals surface area contributed by atoms with Gasteiger partial charge in [-0.15, -0.1) is 0 Å². The number of hydrogen-bond acceptors (Lipinski definition) is 1. The molecule has 1 aromatic heterocycles. The molecule has 0 saturated heterocycles. The van der Waals surface area contributed by atoms with E-state index in [0.29, 0.717) is 0 Å². The smallest absolute Gasteiger partial charge is 0.210 e. The Hall–Kier alpha value is -0.830. The van der Waals surface area contributed by atoms with Gasteiger partial charge in [0.25, 0.3) is 0 Å². The topological polar surface area (TPSA) is 17.8 Å². The zero-order valence-electron chi connectivity index (χ0n) is 4.46. The predicted molar refractivity (Wildman–Crippen MR) is 33.5 cm³/mol. The van der Waals surface area contributed by atoms with Gasteiger partial charge in [-0.1, -0.05) is 11.6 Å². The van der Waals surface area contributed by atoms with E-state index in [4.69, 9.17) is 11.6 Å². The Morgan fingerprint density at radius 2 is 2.56 bits per heavy atom. The number of imidazole rings is 1. The SMILES string of the molecule is F/C(=C\Cl)n1ccnc1. The van der Waals surface area contributed by atoms with Crippen LogP contribution in [0.25, 0.3) is 5.95 Å². The van der Waals surface area contributed by atoms with Crippen molar-refractivity contribution in [2.24, 2.45) is 0 Å². The third kappa shape index (κ3) is 1.29. The average Bonchev–Trinajstić information content (AvgIpc) is 2.37. The van der Waals surface area contributed by atoms with Crippen LogP contribution in [-0.4, -0.2) is 9.55 Å². The second-order valence-electron chi connectivity index (χ2n) is 1.40. The van der Waals surface area contributed by atoms with Crippen molar-refractivity contribution in [1.82, 2.24) is 9.55 Å². The first-order chi connectivity index (χ1) is 4.34. The van der Waals surface area contributed by atoms with Gasteiger partial charge in [0.15, 0.2) is 0 Å². The van der Waals surface area contributed by atoms with Gasteiger partial charge in [-0.25, -0.2) is 4.98 Å². The highest BCUT2D eigenvalue weighted by Crippen LogP contribution is 2.04. The van der Waals surface area contributed by atoms with E-state index in [2.05, 4.69) is 4.98 Å². The van der Waals surface area contributed by atoms with Crippen LogP contribution >= 0.6 is 11.6 Å². The number of rotatable bonds is 1. The van der Waals surface area contributed by atoms with Gasteiger partial charge >= 0.3 is 0 Å². The minimum absolute atomic E-state index is 0.533. The summed E-state index contributed by atoms with van der Waals surface area (Å²) < 4.78 is 13.5. The summed E-state index contributed by atoms with van der Waals surface area (Å²) in [5.41, 5.74) is 0.849. The molecule has 0 unspecified atom stereocenters. The molecule has 0 aromatic carbocycles. The second-order valence-corrected chi connectivity index (χ2v) is 1.62. The minimum atomic E-state index is -0.533. The molecule has 4 heteroatoms.